The van der Waals surface area contributed by atoms with Gasteiger partial charge in [-0.2, -0.15) is 0 Å². The third kappa shape index (κ3) is 5.72. The monoisotopic (exact) mass is 346 g/mol. The van der Waals surface area contributed by atoms with E-state index in [1.54, 1.807) is 0 Å². The van der Waals surface area contributed by atoms with E-state index in [0.717, 1.165) is 43.0 Å². The van der Waals surface area contributed by atoms with Crippen LogP contribution in [0.2, 0.25) is 0 Å². The van der Waals surface area contributed by atoms with Crippen LogP contribution in [0.25, 0.3) is 0 Å². The minimum Gasteiger partial charge on any atom is -0.384 e. The molecule has 1 aromatic rings. The van der Waals surface area contributed by atoms with Crippen molar-refractivity contribution in [3.05, 3.63) is 29.3 Å². The zero-order valence-electron chi connectivity index (χ0n) is 16.6. The van der Waals surface area contributed by atoms with Crippen molar-refractivity contribution in [2.75, 3.05) is 52.1 Å². The molecular weight excluding hydrogens is 312 g/mol. The SMILES string of the molecule is Cc1c(NCC(C)(C)C)cccc1C(=O)NCC1CN(C)CCN1C. The molecule has 25 heavy (non-hydrogen) atoms. The van der Waals surface area contributed by atoms with Crippen LogP contribution in [0.5, 0.6) is 0 Å². The van der Waals surface area contributed by atoms with Gasteiger partial charge in [0.2, 0.25) is 0 Å². The Morgan fingerprint density at radius 3 is 2.64 bits per heavy atom. The number of rotatable bonds is 5. The number of likely N-dealkylation sites (N-methyl/N-ethyl adjacent to an activating group) is 2. The molecule has 1 amide bonds. The minimum atomic E-state index is 0.0125. The number of amides is 1. The molecule has 0 aliphatic carbocycles. The smallest absolute Gasteiger partial charge is 0.251 e. The Hall–Kier alpha value is -1.59. The van der Waals surface area contributed by atoms with Crippen molar-refractivity contribution in [2.45, 2.75) is 33.7 Å². The van der Waals surface area contributed by atoms with Gasteiger partial charge < -0.3 is 15.5 Å². The van der Waals surface area contributed by atoms with Crippen LogP contribution in [0, 0.1) is 12.3 Å². The second kappa shape index (κ2) is 8.19. The molecule has 0 bridgehead atoms. The van der Waals surface area contributed by atoms with Crippen LogP contribution in [-0.2, 0) is 0 Å². The van der Waals surface area contributed by atoms with E-state index in [1.165, 1.54) is 0 Å². The van der Waals surface area contributed by atoms with Crippen LogP contribution < -0.4 is 10.6 Å². The largest absolute Gasteiger partial charge is 0.384 e. The second-order valence-electron chi connectivity index (χ2n) is 8.50. The third-order valence-electron chi connectivity index (χ3n) is 4.87. The average molecular weight is 347 g/mol. The molecule has 5 nitrogen and oxygen atoms in total. The maximum atomic E-state index is 12.7. The van der Waals surface area contributed by atoms with E-state index in [2.05, 4.69) is 55.3 Å². The molecule has 5 heteroatoms. The summed E-state index contributed by atoms with van der Waals surface area (Å²) >= 11 is 0. The highest BCUT2D eigenvalue weighted by Gasteiger charge is 2.23. The first-order valence-electron chi connectivity index (χ1n) is 9.18. The van der Waals surface area contributed by atoms with Crippen LogP contribution in [0.4, 0.5) is 5.69 Å². The molecule has 0 aromatic heterocycles. The minimum absolute atomic E-state index is 0.0125. The van der Waals surface area contributed by atoms with E-state index in [4.69, 9.17) is 0 Å². The van der Waals surface area contributed by atoms with E-state index >= 15 is 0 Å². The summed E-state index contributed by atoms with van der Waals surface area (Å²) in [6.45, 7) is 13.3. The Kier molecular flexibility index (Phi) is 6.47. The number of nitrogens with zero attached hydrogens (tertiary/aromatic N) is 2. The quantitative estimate of drug-likeness (QED) is 0.860. The molecular formula is C20H34N4O. The number of hydrogen-bond acceptors (Lipinski definition) is 4. The summed E-state index contributed by atoms with van der Waals surface area (Å²) in [5.41, 5.74) is 3.00. The first kappa shape index (κ1) is 19.7. The van der Waals surface area contributed by atoms with Crippen LogP contribution in [0.15, 0.2) is 18.2 Å². The molecule has 2 rings (SSSR count). The molecule has 1 atom stereocenters. The zero-order chi connectivity index (χ0) is 18.6. The molecule has 1 aliphatic heterocycles. The first-order valence-corrected chi connectivity index (χ1v) is 9.18. The van der Waals surface area contributed by atoms with E-state index < -0.39 is 0 Å². The molecule has 1 aromatic carbocycles. The highest BCUT2D eigenvalue weighted by molar-refractivity contribution is 5.97. The highest BCUT2D eigenvalue weighted by atomic mass is 16.1. The van der Waals surface area contributed by atoms with Gasteiger partial charge in [0.15, 0.2) is 0 Å². The van der Waals surface area contributed by atoms with Crippen molar-refractivity contribution >= 4 is 11.6 Å². The molecule has 1 saturated heterocycles. The van der Waals surface area contributed by atoms with E-state index in [-0.39, 0.29) is 11.3 Å². The predicted octanol–water partition coefficient (Wildman–Crippen LogP) is 2.43. The van der Waals surface area contributed by atoms with Gasteiger partial charge in [-0.25, -0.2) is 0 Å². The maximum Gasteiger partial charge on any atom is 0.251 e. The van der Waals surface area contributed by atoms with Gasteiger partial charge in [0.25, 0.3) is 5.91 Å². The van der Waals surface area contributed by atoms with Gasteiger partial charge in [-0.1, -0.05) is 26.8 Å². The lowest BCUT2D eigenvalue weighted by molar-refractivity contribution is 0.0880. The van der Waals surface area contributed by atoms with Gasteiger partial charge in [-0.15, -0.1) is 0 Å². The molecule has 0 spiro atoms. The summed E-state index contributed by atoms with van der Waals surface area (Å²) < 4.78 is 0. The number of carbonyl (C=O) groups is 1. The fourth-order valence-corrected chi connectivity index (χ4v) is 3.06. The van der Waals surface area contributed by atoms with Crippen molar-refractivity contribution in [1.82, 2.24) is 15.1 Å². The summed E-state index contributed by atoms with van der Waals surface area (Å²) in [6, 6.07) is 6.27. The van der Waals surface area contributed by atoms with Gasteiger partial charge in [-0.05, 0) is 44.1 Å². The van der Waals surface area contributed by atoms with Crippen LogP contribution in [0.3, 0.4) is 0 Å². The molecule has 2 N–H and O–H groups in total. The average Bonchev–Trinajstić information content (AvgIpc) is 2.53. The van der Waals surface area contributed by atoms with Crippen molar-refractivity contribution in [3.8, 4) is 0 Å². The summed E-state index contributed by atoms with van der Waals surface area (Å²) in [5, 5.41) is 6.60. The molecule has 1 aliphatic rings. The number of anilines is 1. The Morgan fingerprint density at radius 1 is 1.24 bits per heavy atom. The molecule has 0 saturated carbocycles. The standard InChI is InChI=1S/C20H34N4O/c1-15-17(8-7-9-18(15)22-14-20(2,3)4)19(25)21-12-16-13-23(5)10-11-24(16)6/h7-9,16,22H,10-14H2,1-6H3,(H,21,25). The highest BCUT2D eigenvalue weighted by Crippen LogP contribution is 2.21. The van der Waals surface area contributed by atoms with Crippen molar-refractivity contribution in [1.29, 1.82) is 0 Å². The fourth-order valence-electron chi connectivity index (χ4n) is 3.06. The van der Waals surface area contributed by atoms with Crippen LogP contribution in [0.1, 0.15) is 36.7 Å². The van der Waals surface area contributed by atoms with Gasteiger partial charge in [-0.3, -0.25) is 9.69 Å². The van der Waals surface area contributed by atoms with Gasteiger partial charge >= 0.3 is 0 Å². The number of piperazine rings is 1. The molecule has 1 unspecified atom stereocenters. The summed E-state index contributed by atoms with van der Waals surface area (Å²) in [4.78, 5) is 17.3. The van der Waals surface area contributed by atoms with Crippen molar-refractivity contribution < 1.29 is 4.79 Å². The third-order valence-corrected chi connectivity index (χ3v) is 4.87. The molecule has 0 radical (unpaired) electrons. The lowest BCUT2D eigenvalue weighted by Gasteiger charge is -2.37. The normalized spacial score (nSPS) is 19.7. The fraction of sp³-hybridized carbons (Fsp3) is 0.650. The van der Waals surface area contributed by atoms with Crippen LogP contribution in [-0.4, -0.2) is 68.6 Å². The number of hydrogen-bond donors (Lipinski definition) is 2. The van der Waals surface area contributed by atoms with Gasteiger partial charge in [0.05, 0.1) is 0 Å². The maximum absolute atomic E-state index is 12.7. The Balaban J connectivity index is 1.99. The van der Waals surface area contributed by atoms with Crippen molar-refractivity contribution in [2.24, 2.45) is 5.41 Å². The number of nitrogens with one attached hydrogen (secondary N) is 2. The van der Waals surface area contributed by atoms with Gasteiger partial charge in [0.1, 0.15) is 0 Å². The lowest BCUT2D eigenvalue weighted by Crippen LogP contribution is -2.54. The number of benzene rings is 1. The molecule has 1 fully saturated rings. The summed E-state index contributed by atoms with van der Waals surface area (Å²) in [6.07, 6.45) is 0. The van der Waals surface area contributed by atoms with Crippen LogP contribution >= 0.6 is 0 Å². The summed E-state index contributed by atoms with van der Waals surface area (Å²) in [5.74, 6) is 0.0125. The Labute approximate surface area is 152 Å². The topological polar surface area (TPSA) is 47.6 Å². The van der Waals surface area contributed by atoms with Crippen molar-refractivity contribution in [3.63, 3.8) is 0 Å². The second-order valence-corrected chi connectivity index (χ2v) is 8.50. The van der Waals surface area contributed by atoms with E-state index in [9.17, 15) is 4.79 Å². The first-order chi connectivity index (χ1) is 11.7. The number of carbonyl (C=O) groups excluding carboxylic acids is 1. The predicted molar refractivity (Wildman–Crippen MR) is 105 cm³/mol. The van der Waals surface area contributed by atoms with Gasteiger partial charge in [0, 0.05) is 50.0 Å². The Bertz CT molecular complexity index is 594. The van der Waals surface area contributed by atoms with E-state index in [1.807, 2.05) is 25.1 Å². The molecule has 1 heterocycles. The van der Waals surface area contributed by atoms with E-state index in [0.29, 0.717) is 12.6 Å². The lowest BCUT2D eigenvalue weighted by atomic mass is 9.96. The summed E-state index contributed by atoms with van der Waals surface area (Å²) in [7, 11) is 4.27. The Morgan fingerprint density at radius 2 is 1.96 bits per heavy atom. The molecule has 140 valence electrons. The zero-order valence-corrected chi connectivity index (χ0v) is 16.6.